The number of carbonyl (C=O) groups excluding carboxylic acids is 1. The Morgan fingerprint density at radius 2 is 1.83 bits per heavy atom. The van der Waals surface area contributed by atoms with Gasteiger partial charge in [-0.15, -0.1) is 0 Å². The van der Waals surface area contributed by atoms with Crippen LogP contribution in [0.5, 0.6) is 0 Å². The molecule has 0 radical (unpaired) electrons. The van der Waals surface area contributed by atoms with E-state index in [1.54, 1.807) is 0 Å². The van der Waals surface area contributed by atoms with Crippen LogP contribution < -0.4 is 15.1 Å². The van der Waals surface area contributed by atoms with E-state index in [0.29, 0.717) is 12.6 Å². The Morgan fingerprint density at radius 1 is 1.17 bits per heavy atom. The number of piperazine rings is 1. The van der Waals surface area contributed by atoms with Gasteiger partial charge in [0, 0.05) is 11.7 Å². The number of carbonyl (C=O) groups is 1. The number of anilines is 1. The Hall–Kier alpha value is -1.55. The van der Waals surface area contributed by atoms with E-state index in [0.717, 1.165) is 44.9 Å². The maximum Gasteiger partial charge on any atom is 0.275 e. The van der Waals surface area contributed by atoms with Crippen LogP contribution in [0.1, 0.15) is 38.2 Å². The predicted octanol–water partition coefficient (Wildman–Crippen LogP) is 1.39. The number of rotatable bonds is 4. The van der Waals surface area contributed by atoms with Crippen molar-refractivity contribution in [2.75, 3.05) is 37.6 Å². The Morgan fingerprint density at radius 3 is 2.50 bits per heavy atom. The molecule has 0 spiro atoms. The molecule has 4 nitrogen and oxygen atoms in total. The highest BCUT2D eigenvalue weighted by molar-refractivity contribution is 5.77. The molecule has 2 N–H and O–H groups in total. The lowest BCUT2D eigenvalue weighted by Gasteiger charge is -2.34. The molecule has 4 heteroatoms. The normalized spacial score (nSPS) is 25.5. The molecule has 1 aliphatic carbocycles. The zero-order chi connectivity index (χ0) is 16.9. The van der Waals surface area contributed by atoms with Crippen molar-refractivity contribution in [3.8, 4) is 0 Å². The summed E-state index contributed by atoms with van der Waals surface area (Å²) in [7, 11) is 0. The second-order valence-electron chi connectivity index (χ2n) is 7.72. The molecule has 0 aromatic heterocycles. The lowest BCUT2D eigenvalue weighted by molar-refractivity contribution is -0.892. The van der Waals surface area contributed by atoms with E-state index >= 15 is 0 Å². The fourth-order valence-corrected chi connectivity index (χ4v) is 4.07. The Labute approximate surface area is 146 Å². The first-order valence-electron chi connectivity index (χ1n) is 9.55. The minimum Gasteiger partial charge on any atom is -0.360 e. The van der Waals surface area contributed by atoms with E-state index in [-0.39, 0.29) is 5.91 Å². The topological polar surface area (TPSA) is 36.8 Å². The van der Waals surface area contributed by atoms with Crippen molar-refractivity contribution in [1.82, 2.24) is 5.32 Å². The van der Waals surface area contributed by atoms with Crippen molar-refractivity contribution in [3.63, 3.8) is 0 Å². The van der Waals surface area contributed by atoms with Gasteiger partial charge in [-0.1, -0.05) is 25.1 Å². The SMILES string of the molecule is Cc1ccccc1N1CC[NH+](CC(=O)NC2CCC(C)CC2)CC1. The van der Waals surface area contributed by atoms with Crippen LogP contribution >= 0.6 is 0 Å². The number of hydrogen-bond acceptors (Lipinski definition) is 2. The minimum atomic E-state index is 0.244. The molecule has 3 rings (SSSR count). The smallest absolute Gasteiger partial charge is 0.275 e. The summed E-state index contributed by atoms with van der Waals surface area (Å²) in [5, 5.41) is 3.27. The van der Waals surface area contributed by atoms with Gasteiger partial charge in [0.15, 0.2) is 6.54 Å². The van der Waals surface area contributed by atoms with Crippen molar-refractivity contribution in [1.29, 1.82) is 0 Å². The van der Waals surface area contributed by atoms with Crippen LogP contribution in [0, 0.1) is 12.8 Å². The molecule has 2 fully saturated rings. The number of aryl methyl sites for hydroxylation is 1. The third kappa shape index (κ3) is 4.50. The maximum atomic E-state index is 12.3. The van der Waals surface area contributed by atoms with Gasteiger partial charge in [0.05, 0.1) is 26.2 Å². The van der Waals surface area contributed by atoms with E-state index in [4.69, 9.17) is 0 Å². The van der Waals surface area contributed by atoms with Gasteiger partial charge in [-0.25, -0.2) is 0 Å². The van der Waals surface area contributed by atoms with Crippen LogP contribution in [0.2, 0.25) is 0 Å². The summed E-state index contributed by atoms with van der Waals surface area (Å²) >= 11 is 0. The van der Waals surface area contributed by atoms with Gasteiger partial charge in [-0.2, -0.15) is 0 Å². The van der Waals surface area contributed by atoms with Gasteiger partial charge >= 0.3 is 0 Å². The molecule has 1 saturated carbocycles. The molecule has 1 saturated heterocycles. The molecular weight excluding hydrogens is 298 g/mol. The summed E-state index contributed by atoms with van der Waals surface area (Å²) in [6, 6.07) is 9.00. The van der Waals surface area contributed by atoms with E-state index < -0.39 is 0 Å². The molecule has 0 bridgehead atoms. The van der Waals surface area contributed by atoms with Crippen molar-refractivity contribution < 1.29 is 9.69 Å². The monoisotopic (exact) mass is 330 g/mol. The second kappa shape index (κ2) is 8.02. The van der Waals surface area contributed by atoms with Crippen LogP contribution in [0.3, 0.4) is 0 Å². The van der Waals surface area contributed by atoms with Crippen LogP contribution in [-0.2, 0) is 4.79 Å². The first-order chi connectivity index (χ1) is 11.6. The van der Waals surface area contributed by atoms with E-state index in [1.165, 1.54) is 29.0 Å². The molecule has 1 aliphatic heterocycles. The van der Waals surface area contributed by atoms with Gasteiger partial charge in [0.25, 0.3) is 5.91 Å². The maximum absolute atomic E-state index is 12.3. The van der Waals surface area contributed by atoms with Crippen LogP contribution in [0.4, 0.5) is 5.69 Å². The van der Waals surface area contributed by atoms with E-state index in [2.05, 4.69) is 48.3 Å². The zero-order valence-corrected chi connectivity index (χ0v) is 15.2. The molecule has 0 atom stereocenters. The number of para-hydroxylation sites is 1. The number of benzene rings is 1. The van der Waals surface area contributed by atoms with Gasteiger partial charge in [0.1, 0.15) is 0 Å². The van der Waals surface area contributed by atoms with Gasteiger partial charge in [-0.3, -0.25) is 4.79 Å². The number of hydrogen-bond donors (Lipinski definition) is 2. The van der Waals surface area contributed by atoms with Gasteiger partial charge < -0.3 is 15.1 Å². The van der Waals surface area contributed by atoms with Crippen molar-refractivity contribution in [3.05, 3.63) is 29.8 Å². The fourth-order valence-electron chi connectivity index (χ4n) is 4.07. The first-order valence-corrected chi connectivity index (χ1v) is 9.55. The highest BCUT2D eigenvalue weighted by atomic mass is 16.2. The molecular formula is C20H32N3O+. The Bertz CT molecular complexity index is 544. The molecule has 1 aromatic carbocycles. The highest BCUT2D eigenvalue weighted by Gasteiger charge is 2.25. The average Bonchev–Trinajstić information content (AvgIpc) is 2.58. The Kier molecular flexibility index (Phi) is 5.77. The fraction of sp³-hybridized carbons (Fsp3) is 0.650. The third-order valence-electron chi connectivity index (χ3n) is 5.72. The molecule has 1 amide bonds. The molecule has 2 aliphatic rings. The third-order valence-corrected chi connectivity index (χ3v) is 5.72. The summed E-state index contributed by atoms with van der Waals surface area (Å²) in [6.45, 7) is 9.28. The summed E-state index contributed by atoms with van der Waals surface area (Å²) in [5.41, 5.74) is 2.68. The molecule has 132 valence electrons. The average molecular weight is 330 g/mol. The standard InChI is InChI=1S/C20H31N3O/c1-16-7-9-18(10-8-16)21-20(24)15-22-11-13-23(14-12-22)19-6-4-3-5-17(19)2/h3-6,16,18H,7-15H2,1-2H3,(H,21,24)/p+1. The summed E-state index contributed by atoms with van der Waals surface area (Å²) in [5.74, 6) is 1.08. The second-order valence-corrected chi connectivity index (χ2v) is 7.72. The number of nitrogens with zero attached hydrogens (tertiary/aromatic N) is 1. The summed E-state index contributed by atoms with van der Waals surface area (Å²) < 4.78 is 0. The largest absolute Gasteiger partial charge is 0.360 e. The minimum absolute atomic E-state index is 0.244. The number of amides is 1. The van der Waals surface area contributed by atoms with E-state index in [9.17, 15) is 4.79 Å². The van der Waals surface area contributed by atoms with Crippen molar-refractivity contribution in [2.24, 2.45) is 5.92 Å². The van der Waals surface area contributed by atoms with Crippen molar-refractivity contribution >= 4 is 11.6 Å². The van der Waals surface area contributed by atoms with Gasteiger partial charge in [-0.05, 0) is 50.2 Å². The van der Waals surface area contributed by atoms with Crippen LogP contribution in [-0.4, -0.2) is 44.7 Å². The first kappa shape index (κ1) is 17.3. The van der Waals surface area contributed by atoms with E-state index in [1.807, 2.05) is 0 Å². The lowest BCUT2D eigenvalue weighted by atomic mass is 9.87. The lowest BCUT2D eigenvalue weighted by Crippen LogP contribution is -3.16. The number of quaternary nitrogens is 1. The molecule has 1 heterocycles. The molecule has 1 aromatic rings. The molecule has 0 unspecified atom stereocenters. The summed E-state index contributed by atoms with van der Waals surface area (Å²) in [6.07, 6.45) is 4.83. The Balaban J connectivity index is 1.42. The molecule has 24 heavy (non-hydrogen) atoms. The quantitative estimate of drug-likeness (QED) is 0.875. The van der Waals surface area contributed by atoms with Crippen LogP contribution in [0.25, 0.3) is 0 Å². The van der Waals surface area contributed by atoms with Crippen LogP contribution in [0.15, 0.2) is 24.3 Å². The predicted molar refractivity (Wildman–Crippen MR) is 98.5 cm³/mol. The summed E-state index contributed by atoms with van der Waals surface area (Å²) in [4.78, 5) is 16.2. The number of nitrogens with one attached hydrogen (secondary N) is 2. The zero-order valence-electron chi connectivity index (χ0n) is 15.2. The van der Waals surface area contributed by atoms with Crippen molar-refractivity contribution in [2.45, 2.75) is 45.6 Å². The van der Waals surface area contributed by atoms with Gasteiger partial charge in [0.2, 0.25) is 0 Å². The highest BCUT2D eigenvalue weighted by Crippen LogP contribution is 2.23.